The van der Waals surface area contributed by atoms with Gasteiger partial charge in [-0.25, -0.2) is 4.98 Å². The lowest BCUT2D eigenvalue weighted by molar-refractivity contribution is -0.272. The van der Waals surface area contributed by atoms with Crippen molar-refractivity contribution in [1.29, 1.82) is 0 Å². The summed E-state index contributed by atoms with van der Waals surface area (Å²) in [6, 6.07) is 6.86. The van der Waals surface area contributed by atoms with Gasteiger partial charge in [-0.15, -0.1) is 0 Å². The number of halogens is 3. The van der Waals surface area contributed by atoms with Crippen LogP contribution in [0.5, 0.6) is 11.6 Å². The van der Waals surface area contributed by atoms with E-state index < -0.39 is 17.8 Å². The third-order valence-corrected chi connectivity index (χ3v) is 4.66. The number of carbonyl (C=O) groups excluding carboxylic acids is 1. The summed E-state index contributed by atoms with van der Waals surface area (Å²) in [6.07, 6.45) is -2.67. The first-order valence-corrected chi connectivity index (χ1v) is 8.68. The van der Waals surface area contributed by atoms with E-state index in [0.717, 1.165) is 6.92 Å². The number of ether oxygens (including phenoxy) is 2. The van der Waals surface area contributed by atoms with Gasteiger partial charge in [0.15, 0.2) is 5.60 Å². The van der Waals surface area contributed by atoms with Crippen molar-refractivity contribution in [3.05, 3.63) is 47.7 Å². The smallest absolute Gasteiger partial charge is 0.421 e. The van der Waals surface area contributed by atoms with Crippen LogP contribution in [0.3, 0.4) is 0 Å². The van der Waals surface area contributed by atoms with Crippen molar-refractivity contribution in [1.82, 2.24) is 4.98 Å². The number of nitrogens with zero attached hydrogens (tertiary/aromatic N) is 1. The van der Waals surface area contributed by atoms with Crippen LogP contribution < -0.4 is 15.8 Å². The largest absolute Gasteiger partial charge is 0.439 e. The summed E-state index contributed by atoms with van der Waals surface area (Å²) in [5.74, 6) is 0.0467. The summed E-state index contributed by atoms with van der Waals surface area (Å²) in [7, 11) is 0. The molecule has 3 N–H and O–H groups in total. The fourth-order valence-corrected chi connectivity index (χ4v) is 2.78. The van der Waals surface area contributed by atoms with Crippen LogP contribution in [0.25, 0.3) is 0 Å². The highest BCUT2D eigenvalue weighted by molar-refractivity contribution is 5.94. The molecule has 0 saturated heterocycles. The molecular weight excluding hydrogens is 375 g/mol. The molecule has 1 unspecified atom stereocenters. The molecule has 6 nitrogen and oxygen atoms in total. The minimum absolute atomic E-state index is 0.0231. The second kappa shape index (κ2) is 7.40. The average Bonchev–Trinajstić information content (AvgIpc) is 3.00. The highest BCUT2D eigenvalue weighted by Crippen LogP contribution is 2.48. The maximum atomic E-state index is 13.4. The molecule has 0 bridgehead atoms. The van der Waals surface area contributed by atoms with E-state index in [4.69, 9.17) is 15.2 Å². The monoisotopic (exact) mass is 395 g/mol. The number of benzene rings is 1. The van der Waals surface area contributed by atoms with Crippen LogP contribution >= 0.6 is 0 Å². The first kappa shape index (κ1) is 20.1. The van der Waals surface area contributed by atoms with E-state index in [0.29, 0.717) is 17.7 Å². The Morgan fingerprint density at radius 2 is 2.14 bits per heavy atom. The van der Waals surface area contributed by atoms with Gasteiger partial charge in [-0.05, 0) is 37.1 Å². The van der Waals surface area contributed by atoms with Crippen LogP contribution in [-0.2, 0) is 21.7 Å². The Morgan fingerprint density at radius 3 is 2.75 bits per heavy atom. The quantitative estimate of drug-likeness (QED) is 0.803. The molecule has 2 atom stereocenters. The van der Waals surface area contributed by atoms with E-state index in [1.807, 2.05) is 0 Å². The molecule has 0 spiro atoms. The zero-order valence-corrected chi connectivity index (χ0v) is 15.3. The summed E-state index contributed by atoms with van der Waals surface area (Å²) in [5.41, 5.74) is 4.20. The van der Waals surface area contributed by atoms with Crippen molar-refractivity contribution >= 4 is 11.6 Å². The number of rotatable bonds is 5. The van der Waals surface area contributed by atoms with Gasteiger partial charge in [0.1, 0.15) is 5.75 Å². The number of nitrogens with two attached hydrogens (primary N) is 1. The molecule has 1 amide bonds. The van der Waals surface area contributed by atoms with Crippen LogP contribution in [0.2, 0.25) is 0 Å². The van der Waals surface area contributed by atoms with E-state index in [2.05, 4.69) is 10.3 Å². The fraction of sp³-hybridized carbons (Fsp3) is 0.368. The zero-order valence-electron chi connectivity index (χ0n) is 15.3. The number of hydrogen-bond donors (Lipinski definition) is 2. The van der Waals surface area contributed by atoms with Crippen molar-refractivity contribution in [2.75, 3.05) is 5.32 Å². The number of fused-ring (bicyclic) bond motifs is 1. The molecule has 0 saturated carbocycles. The average molecular weight is 395 g/mol. The molecule has 1 aromatic heterocycles. The number of carbonyl (C=O) groups is 1. The first-order valence-electron chi connectivity index (χ1n) is 8.68. The molecule has 9 heteroatoms. The number of nitrogens with one attached hydrogen (secondary N) is 1. The Morgan fingerprint density at radius 1 is 1.39 bits per heavy atom. The third-order valence-electron chi connectivity index (χ3n) is 4.66. The maximum Gasteiger partial charge on any atom is 0.421 e. The molecule has 1 aromatic carbocycles. The molecule has 2 heterocycles. The van der Waals surface area contributed by atoms with Gasteiger partial charge in [0, 0.05) is 11.6 Å². The number of amides is 1. The number of hydrogen-bond acceptors (Lipinski definition) is 5. The fourth-order valence-electron chi connectivity index (χ4n) is 2.78. The number of alkyl halides is 3. The standard InChI is InChI=1S/C19H20F3N3O3/c1-3-15(23)17(26)25-12-5-7-16(24-9-12)28-13-6-4-11-10-27-18(2,14(11)8-13)19(20,21)22/h4-9,15H,3,10,23H2,1-2H3,(H,25,26)/t15-,18?/m1/s1. The van der Waals surface area contributed by atoms with Crippen molar-refractivity contribution in [3.8, 4) is 11.6 Å². The van der Waals surface area contributed by atoms with Crippen molar-refractivity contribution < 1.29 is 27.4 Å². The lowest BCUT2D eigenvalue weighted by Crippen LogP contribution is -2.38. The van der Waals surface area contributed by atoms with Gasteiger partial charge in [0.2, 0.25) is 11.8 Å². The van der Waals surface area contributed by atoms with Gasteiger partial charge in [0.25, 0.3) is 0 Å². The third kappa shape index (κ3) is 3.81. The minimum Gasteiger partial charge on any atom is -0.439 e. The van der Waals surface area contributed by atoms with E-state index in [1.165, 1.54) is 18.3 Å². The van der Waals surface area contributed by atoms with E-state index in [1.54, 1.807) is 25.1 Å². The van der Waals surface area contributed by atoms with Gasteiger partial charge >= 0.3 is 6.18 Å². The Kier molecular flexibility index (Phi) is 5.31. The predicted octanol–water partition coefficient (Wildman–Crippen LogP) is 3.86. The van der Waals surface area contributed by atoms with Gasteiger partial charge in [-0.1, -0.05) is 13.0 Å². The van der Waals surface area contributed by atoms with Gasteiger partial charge in [-0.2, -0.15) is 13.2 Å². The minimum atomic E-state index is -4.55. The van der Waals surface area contributed by atoms with E-state index >= 15 is 0 Å². The second-order valence-corrected chi connectivity index (χ2v) is 6.63. The van der Waals surface area contributed by atoms with Crippen molar-refractivity contribution in [2.24, 2.45) is 5.73 Å². The normalized spacial score (nSPS) is 19.8. The van der Waals surface area contributed by atoms with Gasteiger partial charge in [-0.3, -0.25) is 4.79 Å². The summed E-state index contributed by atoms with van der Waals surface area (Å²) >= 11 is 0. The SMILES string of the molecule is CC[C@@H](N)C(=O)Nc1ccc(Oc2ccc3c(c2)C(C)(C(F)(F)F)OC3)nc1. The molecule has 0 fully saturated rings. The Balaban J connectivity index is 1.75. The van der Waals surface area contributed by atoms with Gasteiger partial charge in [0.05, 0.1) is 24.5 Å². The molecule has 2 aromatic rings. The maximum absolute atomic E-state index is 13.4. The molecule has 1 aliphatic rings. The molecule has 0 aliphatic carbocycles. The molecule has 3 rings (SSSR count). The van der Waals surface area contributed by atoms with Gasteiger partial charge < -0.3 is 20.5 Å². The zero-order chi connectivity index (χ0) is 20.5. The van der Waals surface area contributed by atoms with E-state index in [9.17, 15) is 18.0 Å². The molecule has 150 valence electrons. The number of pyridine rings is 1. The Labute approximate surface area is 159 Å². The molecule has 0 radical (unpaired) electrons. The Bertz CT molecular complexity index is 871. The number of aromatic nitrogens is 1. The molecular formula is C19H20F3N3O3. The lowest BCUT2D eigenvalue weighted by Gasteiger charge is -2.27. The van der Waals surface area contributed by atoms with Crippen molar-refractivity contribution in [2.45, 2.75) is 44.7 Å². The first-order chi connectivity index (χ1) is 13.1. The van der Waals surface area contributed by atoms with Crippen LogP contribution in [0.15, 0.2) is 36.5 Å². The van der Waals surface area contributed by atoms with Crippen molar-refractivity contribution in [3.63, 3.8) is 0 Å². The van der Waals surface area contributed by atoms with Crippen LogP contribution in [0, 0.1) is 0 Å². The van der Waals surface area contributed by atoms with Crippen LogP contribution in [0.1, 0.15) is 31.4 Å². The van der Waals surface area contributed by atoms with Crippen LogP contribution in [-0.4, -0.2) is 23.1 Å². The highest BCUT2D eigenvalue weighted by Gasteiger charge is 2.57. The second-order valence-electron chi connectivity index (χ2n) is 6.63. The number of anilines is 1. The topological polar surface area (TPSA) is 86.5 Å². The Hall–Kier alpha value is -2.65. The summed E-state index contributed by atoms with van der Waals surface area (Å²) in [6.45, 7) is 2.68. The lowest BCUT2D eigenvalue weighted by atomic mass is 9.93. The van der Waals surface area contributed by atoms with E-state index in [-0.39, 0.29) is 29.7 Å². The predicted molar refractivity (Wildman–Crippen MR) is 95.8 cm³/mol. The summed E-state index contributed by atoms with van der Waals surface area (Å²) in [4.78, 5) is 15.8. The summed E-state index contributed by atoms with van der Waals surface area (Å²) in [5, 5.41) is 2.62. The summed E-state index contributed by atoms with van der Waals surface area (Å²) < 4.78 is 50.8. The highest BCUT2D eigenvalue weighted by atomic mass is 19.4. The molecule has 1 aliphatic heterocycles. The van der Waals surface area contributed by atoms with Crippen LogP contribution in [0.4, 0.5) is 18.9 Å². The molecule has 28 heavy (non-hydrogen) atoms.